The third-order valence-electron chi connectivity index (χ3n) is 22.3. The second kappa shape index (κ2) is 47.8. The highest BCUT2D eigenvalue weighted by Gasteiger charge is 2.22. The molecule has 0 spiro atoms. The van der Waals surface area contributed by atoms with Crippen molar-refractivity contribution in [2.75, 3.05) is 0 Å². The highest BCUT2D eigenvalue weighted by atomic mass is 19.2. The average Bonchev–Trinajstić information content (AvgIpc) is 1.69. The van der Waals surface area contributed by atoms with Gasteiger partial charge in [-0.15, -0.1) is 5.10 Å². The molecule has 0 bridgehead atoms. The molecule has 0 fully saturated rings. The number of carbonyl (C=O) groups excluding carboxylic acids is 5. The molecule has 28 nitrogen and oxygen atoms in total. The summed E-state index contributed by atoms with van der Waals surface area (Å²) in [6, 6.07) is 69.2. The molecule has 0 saturated heterocycles. The molecule has 20 rings (SSSR count). The minimum absolute atomic E-state index is 0.00594. The van der Waals surface area contributed by atoms with Crippen molar-refractivity contribution in [1.29, 1.82) is 0 Å². The Kier molecular flexibility index (Phi) is 32.8. The molecule has 0 aliphatic heterocycles. The first kappa shape index (κ1) is 99.4. The van der Waals surface area contributed by atoms with Gasteiger partial charge in [-0.1, -0.05) is 91.0 Å². The number of nitrogens with zero attached hydrogens (tertiary/aromatic N) is 15. The third kappa shape index (κ3) is 26.3. The van der Waals surface area contributed by atoms with Gasteiger partial charge in [-0.25, -0.2) is 77.4 Å². The Labute approximate surface area is 818 Å². The van der Waals surface area contributed by atoms with Crippen molar-refractivity contribution in [2.45, 2.75) is 78.4 Å². The van der Waals surface area contributed by atoms with Crippen LogP contribution in [0.3, 0.4) is 0 Å². The normalized spacial score (nSPS) is 10.9. The number of carbonyl (C=O) groups is 5. The zero-order chi connectivity index (χ0) is 101. The number of hydrogen-bond donors (Lipinski definition) is 3. The molecule has 730 valence electrons. The standard InChI is InChI=1S/3C22H17F2N3O2.C21H16F2N4O2.C20H15F2N5O2/c23-19-6-2-1-4-15(19)14-29-17-7-8-20(24)16(12-17)13-26-22(28)18-5-3-10-27-11-9-25-21(18)27;23-19-4-2-1-3-17(19)13-29-18-7-8-20(24)15(11-18)5-9-21(28)16-6-10-22-25-14-26-27(22)12-16;23-19-4-2-1-3-17(19)13-29-18-6-7-20(24)15(11-18)5-8-21(28)16-9-10-27-22(12-16)25-14-26-27;22-18-6-2-1-4-14(18)12-29-16-7-8-19(23)15(10-16)11-24-21(28)17-5-3-9-27-20(17)25-13-26-27;21-17-6-2-1-4-13(17)12-29-15-7-8-18(22)14(10-15)11-23-20(28)16-5-3-9-27-19(16)24-25-26-27/h1-12H,13-14H2,(H,26,28);1-4,6-8,10-12,14H,5,9,13H2;1-4,6-7,9-12,14H,5,8,13H2;1-10,13H,11-12H2,(H,24,28);1-10H,11-12H2,(H,23,28). The van der Waals surface area contributed by atoms with Gasteiger partial charge in [0.1, 0.15) is 145 Å². The van der Waals surface area contributed by atoms with Crippen molar-refractivity contribution < 1.29 is 91.6 Å². The lowest BCUT2D eigenvalue weighted by molar-refractivity contribution is 0.0943. The van der Waals surface area contributed by atoms with Crippen LogP contribution in [0.15, 0.2) is 335 Å². The van der Waals surface area contributed by atoms with Crippen LogP contribution in [0, 0.1) is 58.2 Å². The number of tetrazole rings is 1. The molecule has 20 aromatic rings. The maximum absolute atomic E-state index is 14.2. The summed E-state index contributed by atoms with van der Waals surface area (Å²) in [6.07, 6.45) is 16.6. The van der Waals surface area contributed by atoms with Gasteiger partial charge in [0.05, 0.1) is 16.7 Å². The smallest absolute Gasteiger partial charge is 0.255 e. The SMILES string of the molecule is O=C(CCc1cc(OCc2ccccc2F)ccc1F)c1ccc2ncnn2c1.O=C(CCc1cc(OCc2ccccc2F)ccc1F)c1ccn2ncnc2c1.O=C(NCc1cc(OCc2ccccc2F)ccc1F)c1cccn2ccnc12.O=C(NCc1cc(OCc2ccccc2F)ccc1F)c1cccn2ncnc12.O=C(NCc1cc(OCc2ccccc2F)ccc1F)c1cccn2nnnc12. The molecule has 0 aliphatic carbocycles. The zero-order valence-electron chi connectivity index (χ0n) is 76.3. The number of amides is 3. The number of aryl methyl sites for hydroxylation is 2. The second-order valence-corrected chi connectivity index (χ2v) is 31.9. The fourth-order valence-electron chi connectivity index (χ4n) is 14.5. The highest BCUT2D eigenvalue weighted by Crippen LogP contribution is 2.29. The number of rotatable bonds is 32. The Morgan fingerprint density at radius 1 is 0.283 bits per heavy atom. The number of halogens is 10. The van der Waals surface area contributed by atoms with Crippen LogP contribution in [0.1, 0.15) is 120 Å². The third-order valence-corrected chi connectivity index (χ3v) is 22.3. The summed E-state index contributed by atoms with van der Waals surface area (Å²) in [6.45, 7) is -0.0230. The minimum Gasteiger partial charge on any atom is -0.489 e. The van der Waals surface area contributed by atoms with E-state index in [2.05, 4.69) is 66.7 Å². The van der Waals surface area contributed by atoms with Crippen LogP contribution in [0.4, 0.5) is 43.9 Å². The Hall–Kier alpha value is -18.7. The predicted octanol–water partition coefficient (Wildman–Crippen LogP) is 19.4. The molecule has 0 atom stereocenters. The van der Waals surface area contributed by atoms with Crippen molar-refractivity contribution in [2.24, 2.45) is 0 Å². The summed E-state index contributed by atoms with van der Waals surface area (Å²) in [5.41, 5.74) is 7.92. The molecule has 0 saturated carbocycles. The molecule has 38 heteroatoms. The first-order valence-corrected chi connectivity index (χ1v) is 44.6. The van der Waals surface area contributed by atoms with E-state index in [0.29, 0.717) is 118 Å². The van der Waals surface area contributed by atoms with E-state index in [1.165, 1.54) is 142 Å². The molecule has 10 aromatic carbocycles. The van der Waals surface area contributed by atoms with Gasteiger partial charge in [0.15, 0.2) is 34.2 Å². The van der Waals surface area contributed by atoms with Crippen molar-refractivity contribution in [3.63, 3.8) is 0 Å². The fraction of sp³-hybridized carbons (Fsp3) is 0.112. The quantitative estimate of drug-likeness (QED) is 0.0260. The number of aromatic nitrogens is 15. The van der Waals surface area contributed by atoms with E-state index in [4.69, 9.17) is 23.7 Å². The maximum Gasteiger partial charge on any atom is 0.255 e. The molecule has 10 heterocycles. The molecule has 145 heavy (non-hydrogen) atoms. The Bertz CT molecular complexity index is 7400. The lowest BCUT2D eigenvalue weighted by Crippen LogP contribution is -2.24. The average molecular weight is 1970 g/mol. The van der Waals surface area contributed by atoms with Gasteiger partial charge in [0.25, 0.3) is 17.7 Å². The van der Waals surface area contributed by atoms with Crippen LogP contribution in [0.25, 0.3) is 28.2 Å². The number of Topliss-reactive ketones (excluding diaryl/α,β-unsaturated/α-hetero) is 2. The van der Waals surface area contributed by atoms with E-state index in [1.807, 2.05) is 0 Å². The van der Waals surface area contributed by atoms with Crippen molar-refractivity contribution in [3.05, 3.63) is 477 Å². The summed E-state index contributed by atoms with van der Waals surface area (Å²) >= 11 is 0. The molecular formula is C107H82F10N18O10. The van der Waals surface area contributed by atoms with Gasteiger partial charge in [0, 0.05) is 131 Å². The fourth-order valence-corrected chi connectivity index (χ4v) is 14.5. The summed E-state index contributed by atoms with van der Waals surface area (Å²) < 4.78 is 175. The van der Waals surface area contributed by atoms with Gasteiger partial charge < -0.3 is 44.0 Å². The van der Waals surface area contributed by atoms with Crippen molar-refractivity contribution >= 4 is 57.5 Å². The lowest BCUT2D eigenvalue weighted by Gasteiger charge is -2.11. The number of ketones is 2. The van der Waals surface area contributed by atoms with E-state index in [1.54, 1.807) is 216 Å². The predicted molar refractivity (Wildman–Crippen MR) is 509 cm³/mol. The number of pyridine rings is 5. The molecular weight excluding hydrogens is 1890 g/mol. The number of nitrogens with one attached hydrogen (secondary N) is 3. The maximum atomic E-state index is 14.2. The Balaban J connectivity index is 0.000000130. The molecule has 0 unspecified atom stereocenters. The molecule has 10 aromatic heterocycles. The van der Waals surface area contributed by atoms with E-state index in [0.717, 1.165) is 0 Å². The Morgan fingerprint density at radius 2 is 0.641 bits per heavy atom. The van der Waals surface area contributed by atoms with Crippen LogP contribution in [0.2, 0.25) is 0 Å². The first-order chi connectivity index (χ1) is 70.5. The number of hydrogen-bond acceptors (Lipinski definition) is 20. The van der Waals surface area contributed by atoms with Gasteiger partial charge in [-0.3, -0.25) is 24.0 Å². The van der Waals surface area contributed by atoms with Crippen molar-refractivity contribution in [1.82, 2.24) is 89.2 Å². The van der Waals surface area contributed by atoms with E-state index in [9.17, 15) is 67.9 Å². The summed E-state index contributed by atoms with van der Waals surface area (Å²) in [5, 5.41) is 31.0. The van der Waals surface area contributed by atoms with Crippen molar-refractivity contribution in [3.8, 4) is 28.7 Å². The molecule has 0 radical (unpaired) electrons. The van der Waals surface area contributed by atoms with Crippen LogP contribution in [-0.4, -0.2) is 103 Å². The van der Waals surface area contributed by atoms with E-state index >= 15 is 0 Å². The van der Waals surface area contributed by atoms with Gasteiger partial charge >= 0.3 is 0 Å². The number of ether oxygens (including phenoxy) is 5. The molecule has 0 aliphatic rings. The van der Waals surface area contributed by atoms with Gasteiger partial charge in [-0.2, -0.15) is 19.8 Å². The van der Waals surface area contributed by atoms with Crippen LogP contribution >= 0.6 is 0 Å². The molecule has 3 amide bonds. The van der Waals surface area contributed by atoms with Crippen LogP contribution < -0.4 is 39.6 Å². The number of imidazole rings is 1. The van der Waals surface area contributed by atoms with Gasteiger partial charge in [0.2, 0.25) is 0 Å². The molecule has 3 N–H and O–H groups in total. The largest absolute Gasteiger partial charge is 0.489 e. The Morgan fingerprint density at radius 3 is 1.08 bits per heavy atom. The first-order valence-electron chi connectivity index (χ1n) is 44.6. The zero-order valence-corrected chi connectivity index (χ0v) is 76.3. The summed E-state index contributed by atoms with van der Waals surface area (Å²) in [7, 11) is 0. The monoisotopic (exact) mass is 1970 g/mol. The minimum atomic E-state index is -0.495. The second-order valence-electron chi connectivity index (χ2n) is 31.9. The van der Waals surface area contributed by atoms with Gasteiger partial charge in [-0.05, 0) is 216 Å². The lowest BCUT2D eigenvalue weighted by atomic mass is 10.0. The summed E-state index contributed by atoms with van der Waals surface area (Å²) in [5.74, 6) is -3.59. The van der Waals surface area contributed by atoms with E-state index in [-0.39, 0.29) is 147 Å². The van der Waals surface area contributed by atoms with Crippen LogP contribution in [-0.2, 0) is 65.5 Å². The van der Waals surface area contributed by atoms with Crippen LogP contribution in [0.5, 0.6) is 28.7 Å². The van der Waals surface area contributed by atoms with E-state index < -0.39 is 40.9 Å². The number of benzene rings is 10. The number of fused-ring (bicyclic) bond motifs is 5. The topological polar surface area (TPSA) is 319 Å². The highest BCUT2D eigenvalue weighted by molar-refractivity contribution is 6.01. The summed E-state index contributed by atoms with van der Waals surface area (Å²) in [4.78, 5) is 78.7.